The molecule has 0 radical (unpaired) electrons. The summed E-state index contributed by atoms with van der Waals surface area (Å²) < 4.78 is 0. The molecule has 244 valence electrons. The minimum absolute atomic E-state index is 0.0448. The first-order chi connectivity index (χ1) is 25.0. The number of benzene rings is 5. The van der Waals surface area contributed by atoms with Crippen molar-refractivity contribution >= 4 is 11.1 Å². The molecular weight excluding hydrogens is 621 g/mol. The SMILES string of the molecule is CC1(C)c2ccccc2-c2cc(C3=CC(c4nc(-c5ccccc5)nc(-c5ccccc5)n4)CC(c4ccc(-c5ccccn5)cc4)=C3)ccc21. The number of hydrogen-bond acceptors (Lipinski definition) is 4. The van der Waals surface area contributed by atoms with E-state index >= 15 is 0 Å². The number of pyridine rings is 1. The molecule has 51 heavy (non-hydrogen) atoms. The summed E-state index contributed by atoms with van der Waals surface area (Å²) in [5, 5.41) is 0. The quantitative estimate of drug-likeness (QED) is 0.179. The van der Waals surface area contributed by atoms with Crippen molar-refractivity contribution in [2.75, 3.05) is 0 Å². The van der Waals surface area contributed by atoms with Crippen LogP contribution in [0.25, 0.3) is 56.3 Å². The fourth-order valence-corrected chi connectivity index (χ4v) is 7.63. The average molecular weight is 657 g/mol. The smallest absolute Gasteiger partial charge is 0.163 e. The van der Waals surface area contributed by atoms with Gasteiger partial charge in [-0.25, -0.2) is 15.0 Å². The van der Waals surface area contributed by atoms with E-state index in [1.807, 2.05) is 54.7 Å². The Hall–Kier alpha value is -6.26. The Kier molecular flexibility index (Phi) is 7.58. The van der Waals surface area contributed by atoms with Crippen LogP contribution in [0.5, 0.6) is 0 Å². The van der Waals surface area contributed by atoms with Crippen LogP contribution in [0.2, 0.25) is 0 Å². The third-order valence-electron chi connectivity index (χ3n) is 10.3. The van der Waals surface area contributed by atoms with E-state index in [1.165, 1.54) is 44.5 Å². The Balaban J connectivity index is 1.19. The third kappa shape index (κ3) is 5.69. The van der Waals surface area contributed by atoms with Crippen molar-refractivity contribution < 1.29 is 0 Å². The van der Waals surface area contributed by atoms with Gasteiger partial charge in [-0.2, -0.15) is 0 Å². The molecule has 2 aliphatic carbocycles. The standard InChI is InChI=1S/C47H36N4/c1-47(2)41-18-10-9-17-39(41)40-30-35(24-25-42(40)47)37-27-36(31-20-22-32(23-21-31)43-19-11-12-26-48-43)28-38(29-37)46-50-44(33-13-5-3-6-14-33)49-45(51-46)34-15-7-4-8-16-34/h3-27,29-30,38H,28H2,1-2H3. The molecule has 2 aromatic heterocycles. The van der Waals surface area contributed by atoms with Crippen molar-refractivity contribution in [1.82, 2.24) is 19.9 Å². The summed E-state index contributed by atoms with van der Waals surface area (Å²) in [6.45, 7) is 4.66. The number of allylic oxidation sites excluding steroid dienone is 4. The van der Waals surface area contributed by atoms with E-state index in [9.17, 15) is 0 Å². The van der Waals surface area contributed by atoms with Crippen molar-refractivity contribution in [3.8, 4) is 45.2 Å². The van der Waals surface area contributed by atoms with Gasteiger partial charge in [-0.1, -0.05) is 153 Å². The number of hydrogen-bond donors (Lipinski definition) is 0. The lowest BCUT2D eigenvalue weighted by Gasteiger charge is -2.24. The van der Waals surface area contributed by atoms with E-state index in [1.54, 1.807) is 0 Å². The fraction of sp³-hybridized carbons (Fsp3) is 0.106. The normalized spacial score (nSPS) is 15.8. The van der Waals surface area contributed by atoms with Crippen LogP contribution in [0.1, 0.15) is 54.3 Å². The lowest BCUT2D eigenvalue weighted by molar-refractivity contribution is 0.660. The highest BCUT2D eigenvalue weighted by molar-refractivity contribution is 5.90. The largest absolute Gasteiger partial charge is 0.256 e. The van der Waals surface area contributed by atoms with Crippen LogP contribution in [0.4, 0.5) is 0 Å². The van der Waals surface area contributed by atoms with Gasteiger partial charge in [0.2, 0.25) is 0 Å². The fourth-order valence-electron chi connectivity index (χ4n) is 7.63. The first-order valence-corrected chi connectivity index (χ1v) is 17.6. The number of nitrogens with zero attached hydrogens (tertiary/aromatic N) is 4. The maximum atomic E-state index is 5.17. The van der Waals surface area contributed by atoms with Crippen LogP contribution < -0.4 is 0 Å². The van der Waals surface area contributed by atoms with Crippen LogP contribution in [0.3, 0.4) is 0 Å². The van der Waals surface area contributed by atoms with Crippen molar-refractivity contribution in [2.45, 2.75) is 31.6 Å². The van der Waals surface area contributed by atoms with E-state index < -0.39 is 0 Å². The van der Waals surface area contributed by atoms with Crippen LogP contribution in [-0.4, -0.2) is 19.9 Å². The molecule has 4 heteroatoms. The van der Waals surface area contributed by atoms with Gasteiger partial charge in [0.1, 0.15) is 5.82 Å². The molecule has 5 aromatic carbocycles. The highest BCUT2D eigenvalue weighted by atomic mass is 15.0. The number of aromatic nitrogens is 4. The highest BCUT2D eigenvalue weighted by Crippen LogP contribution is 2.50. The molecule has 2 heterocycles. The summed E-state index contributed by atoms with van der Waals surface area (Å²) in [5.41, 5.74) is 14.1. The van der Waals surface area contributed by atoms with Gasteiger partial charge in [-0.15, -0.1) is 0 Å². The summed E-state index contributed by atoms with van der Waals surface area (Å²) in [5.74, 6) is 2.06. The number of fused-ring (bicyclic) bond motifs is 3. The van der Waals surface area contributed by atoms with Gasteiger partial charge >= 0.3 is 0 Å². The van der Waals surface area contributed by atoms with E-state index in [0.717, 1.165) is 34.6 Å². The predicted octanol–water partition coefficient (Wildman–Crippen LogP) is 11.2. The molecule has 0 saturated carbocycles. The average Bonchev–Trinajstić information content (AvgIpc) is 3.44. The van der Waals surface area contributed by atoms with Gasteiger partial charge in [0.15, 0.2) is 11.6 Å². The Morgan fingerprint density at radius 3 is 1.82 bits per heavy atom. The van der Waals surface area contributed by atoms with E-state index in [-0.39, 0.29) is 11.3 Å². The lowest BCUT2D eigenvalue weighted by atomic mass is 9.81. The van der Waals surface area contributed by atoms with Gasteiger partial charge in [0, 0.05) is 34.2 Å². The van der Waals surface area contributed by atoms with Gasteiger partial charge in [-0.05, 0) is 69.1 Å². The van der Waals surface area contributed by atoms with Gasteiger partial charge in [0.25, 0.3) is 0 Å². The molecule has 4 nitrogen and oxygen atoms in total. The summed E-state index contributed by atoms with van der Waals surface area (Å²) in [6, 6.07) is 51.0. The third-order valence-corrected chi connectivity index (χ3v) is 10.3. The Bertz CT molecular complexity index is 2390. The van der Waals surface area contributed by atoms with Crippen LogP contribution in [0, 0.1) is 0 Å². The molecule has 0 N–H and O–H groups in total. The number of rotatable bonds is 6. The first-order valence-electron chi connectivity index (χ1n) is 17.6. The summed E-state index contributed by atoms with van der Waals surface area (Å²) in [4.78, 5) is 19.9. The molecule has 1 atom stereocenters. The molecule has 0 amide bonds. The molecule has 2 aliphatic rings. The second-order valence-corrected chi connectivity index (χ2v) is 13.9. The van der Waals surface area contributed by atoms with Crippen molar-refractivity contribution in [3.63, 3.8) is 0 Å². The van der Waals surface area contributed by atoms with Gasteiger partial charge < -0.3 is 0 Å². The molecule has 9 rings (SSSR count). The van der Waals surface area contributed by atoms with Gasteiger partial charge in [-0.3, -0.25) is 4.98 Å². The molecule has 7 aromatic rings. The minimum Gasteiger partial charge on any atom is -0.256 e. The maximum Gasteiger partial charge on any atom is 0.163 e. The second kappa shape index (κ2) is 12.6. The van der Waals surface area contributed by atoms with Crippen LogP contribution >= 0.6 is 0 Å². The lowest BCUT2D eigenvalue weighted by Crippen LogP contribution is -2.14. The molecule has 0 aliphatic heterocycles. The highest BCUT2D eigenvalue weighted by Gasteiger charge is 2.35. The Morgan fingerprint density at radius 1 is 0.529 bits per heavy atom. The zero-order valence-corrected chi connectivity index (χ0v) is 28.7. The summed E-state index contributed by atoms with van der Waals surface area (Å²) in [6.07, 6.45) is 7.32. The van der Waals surface area contributed by atoms with Crippen molar-refractivity contribution in [3.05, 3.63) is 192 Å². The van der Waals surface area contributed by atoms with Crippen LogP contribution in [-0.2, 0) is 5.41 Å². The molecule has 0 saturated heterocycles. The molecular formula is C47H36N4. The first kappa shape index (κ1) is 30.8. The van der Waals surface area contributed by atoms with Crippen LogP contribution in [0.15, 0.2) is 164 Å². The van der Waals surface area contributed by atoms with E-state index in [4.69, 9.17) is 15.0 Å². The van der Waals surface area contributed by atoms with Crippen molar-refractivity contribution in [2.24, 2.45) is 0 Å². The van der Waals surface area contributed by atoms with Crippen molar-refractivity contribution in [1.29, 1.82) is 0 Å². The second-order valence-electron chi connectivity index (χ2n) is 13.9. The van der Waals surface area contributed by atoms with Gasteiger partial charge in [0.05, 0.1) is 5.69 Å². The van der Waals surface area contributed by atoms with E-state index in [2.05, 4.69) is 128 Å². The molecule has 0 bridgehead atoms. The Labute approximate surface area is 299 Å². The monoisotopic (exact) mass is 656 g/mol. The maximum absolute atomic E-state index is 5.17. The zero-order valence-electron chi connectivity index (χ0n) is 28.7. The summed E-state index contributed by atoms with van der Waals surface area (Å²) in [7, 11) is 0. The molecule has 0 fully saturated rings. The van der Waals surface area contributed by atoms with E-state index in [0.29, 0.717) is 11.6 Å². The molecule has 0 spiro atoms. The Morgan fingerprint density at radius 2 is 1.14 bits per heavy atom. The summed E-state index contributed by atoms with van der Waals surface area (Å²) >= 11 is 0. The zero-order chi connectivity index (χ0) is 34.4. The topological polar surface area (TPSA) is 51.6 Å². The minimum atomic E-state index is -0.0691. The molecule has 1 unspecified atom stereocenters. The predicted molar refractivity (Wildman–Crippen MR) is 208 cm³/mol.